The van der Waals surface area contributed by atoms with Crippen LogP contribution in [0.2, 0.25) is 0 Å². The fourth-order valence-corrected chi connectivity index (χ4v) is 1.67. The lowest BCUT2D eigenvalue weighted by atomic mass is 9.94. The normalized spacial score (nSPS) is 23.8. The maximum absolute atomic E-state index is 11.4. The minimum absolute atomic E-state index is 0.257. The number of carbonyl (C=O) groups excluding carboxylic acids is 1. The SMILES string of the molecule is CC#CCN1CCC(=O)C(CC)C1. The molecule has 0 radical (unpaired) electrons. The predicted molar refractivity (Wildman–Crippen MR) is 53.3 cm³/mol. The van der Waals surface area contributed by atoms with Gasteiger partial charge in [-0.3, -0.25) is 9.69 Å². The van der Waals surface area contributed by atoms with Crippen LogP contribution in [0.4, 0.5) is 0 Å². The van der Waals surface area contributed by atoms with Crippen LogP contribution in [-0.2, 0) is 4.79 Å². The van der Waals surface area contributed by atoms with Crippen molar-refractivity contribution < 1.29 is 4.79 Å². The molecular formula is C11H17NO. The first-order chi connectivity index (χ1) is 6.27. The molecule has 1 aliphatic rings. The molecule has 0 aromatic rings. The number of likely N-dealkylation sites (tertiary alicyclic amines) is 1. The Hall–Kier alpha value is -0.810. The van der Waals surface area contributed by atoms with Crippen LogP contribution in [0.5, 0.6) is 0 Å². The first-order valence-corrected chi connectivity index (χ1v) is 4.92. The van der Waals surface area contributed by atoms with E-state index in [9.17, 15) is 4.79 Å². The van der Waals surface area contributed by atoms with Crippen LogP contribution in [0.1, 0.15) is 26.7 Å². The smallest absolute Gasteiger partial charge is 0.138 e. The average molecular weight is 179 g/mol. The highest BCUT2D eigenvalue weighted by atomic mass is 16.1. The topological polar surface area (TPSA) is 20.3 Å². The monoisotopic (exact) mass is 179 g/mol. The van der Waals surface area contributed by atoms with E-state index in [0.29, 0.717) is 12.2 Å². The highest BCUT2D eigenvalue weighted by Crippen LogP contribution is 2.15. The van der Waals surface area contributed by atoms with Crippen molar-refractivity contribution in [2.24, 2.45) is 5.92 Å². The highest BCUT2D eigenvalue weighted by Gasteiger charge is 2.24. The van der Waals surface area contributed by atoms with Crippen molar-refractivity contribution in [2.45, 2.75) is 26.7 Å². The summed E-state index contributed by atoms with van der Waals surface area (Å²) in [5, 5.41) is 0. The van der Waals surface area contributed by atoms with E-state index in [0.717, 1.165) is 26.1 Å². The van der Waals surface area contributed by atoms with Gasteiger partial charge >= 0.3 is 0 Å². The lowest BCUT2D eigenvalue weighted by Gasteiger charge is -2.29. The Bertz CT molecular complexity index is 236. The van der Waals surface area contributed by atoms with Crippen molar-refractivity contribution in [1.29, 1.82) is 0 Å². The molecule has 0 N–H and O–H groups in total. The molecule has 0 amide bonds. The second-order valence-electron chi connectivity index (χ2n) is 3.48. The van der Waals surface area contributed by atoms with Gasteiger partial charge in [-0.1, -0.05) is 12.8 Å². The highest BCUT2D eigenvalue weighted by molar-refractivity contribution is 5.82. The molecule has 1 rings (SSSR count). The molecule has 0 saturated carbocycles. The molecule has 0 spiro atoms. The van der Waals surface area contributed by atoms with E-state index in [1.165, 1.54) is 0 Å². The Labute approximate surface area is 80.3 Å². The van der Waals surface area contributed by atoms with E-state index >= 15 is 0 Å². The molecule has 13 heavy (non-hydrogen) atoms. The van der Waals surface area contributed by atoms with Gasteiger partial charge in [0.1, 0.15) is 5.78 Å². The van der Waals surface area contributed by atoms with Gasteiger partial charge in [0.05, 0.1) is 6.54 Å². The Morgan fingerprint density at radius 1 is 1.62 bits per heavy atom. The first-order valence-electron chi connectivity index (χ1n) is 4.92. The second kappa shape index (κ2) is 5.04. The van der Waals surface area contributed by atoms with Crippen molar-refractivity contribution in [2.75, 3.05) is 19.6 Å². The van der Waals surface area contributed by atoms with Gasteiger partial charge in [-0.15, -0.1) is 5.92 Å². The Balaban J connectivity index is 2.43. The quantitative estimate of drug-likeness (QED) is 0.596. The van der Waals surface area contributed by atoms with Gasteiger partial charge in [0.25, 0.3) is 0 Å². The molecule has 1 aliphatic heterocycles. The fourth-order valence-electron chi connectivity index (χ4n) is 1.67. The number of carbonyl (C=O) groups is 1. The minimum atomic E-state index is 0.257. The number of nitrogens with zero attached hydrogens (tertiary/aromatic N) is 1. The summed E-state index contributed by atoms with van der Waals surface area (Å²) < 4.78 is 0. The number of piperidine rings is 1. The zero-order valence-electron chi connectivity index (χ0n) is 8.47. The van der Waals surface area contributed by atoms with E-state index in [1.54, 1.807) is 0 Å². The number of hydrogen-bond donors (Lipinski definition) is 0. The molecule has 72 valence electrons. The first kappa shape index (κ1) is 10.3. The van der Waals surface area contributed by atoms with Crippen molar-refractivity contribution >= 4 is 5.78 Å². The van der Waals surface area contributed by atoms with E-state index in [1.807, 2.05) is 6.92 Å². The van der Waals surface area contributed by atoms with E-state index in [4.69, 9.17) is 0 Å². The molecule has 1 unspecified atom stereocenters. The van der Waals surface area contributed by atoms with Crippen LogP contribution in [0.3, 0.4) is 0 Å². The van der Waals surface area contributed by atoms with Crippen LogP contribution < -0.4 is 0 Å². The van der Waals surface area contributed by atoms with Gasteiger partial charge in [-0.05, 0) is 13.3 Å². The average Bonchev–Trinajstić information content (AvgIpc) is 2.16. The number of ketones is 1. The third-order valence-electron chi connectivity index (χ3n) is 2.58. The molecule has 0 aromatic heterocycles. The van der Waals surface area contributed by atoms with Gasteiger partial charge in [-0.25, -0.2) is 0 Å². The fraction of sp³-hybridized carbons (Fsp3) is 0.727. The molecule has 2 nitrogen and oxygen atoms in total. The molecule has 1 fully saturated rings. The van der Waals surface area contributed by atoms with Crippen molar-refractivity contribution in [1.82, 2.24) is 4.90 Å². The summed E-state index contributed by atoms with van der Waals surface area (Å²) >= 11 is 0. The Morgan fingerprint density at radius 3 is 3.00 bits per heavy atom. The third kappa shape index (κ3) is 2.86. The Kier molecular flexibility index (Phi) is 3.98. The summed E-state index contributed by atoms with van der Waals surface area (Å²) in [7, 11) is 0. The van der Waals surface area contributed by atoms with Crippen molar-refractivity contribution in [3.05, 3.63) is 0 Å². The van der Waals surface area contributed by atoms with Gasteiger partial charge in [0, 0.05) is 25.4 Å². The summed E-state index contributed by atoms with van der Waals surface area (Å²) in [4.78, 5) is 13.7. The largest absolute Gasteiger partial charge is 0.299 e. The van der Waals surface area contributed by atoms with Crippen molar-refractivity contribution in [3.8, 4) is 11.8 Å². The molecule has 0 bridgehead atoms. The maximum Gasteiger partial charge on any atom is 0.138 e. The predicted octanol–water partition coefficient (Wildman–Crippen LogP) is 1.31. The van der Waals surface area contributed by atoms with E-state index in [2.05, 4.69) is 23.7 Å². The van der Waals surface area contributed by atoms with Crippen molar-refractivity contribution in [3.63, 3.8) is 0 Å². The standard InChI is InChI=1S/C11H17NO/c1-3-5-7-12-8-6-11(13)10(4-2)9-12/h10H,4,6-9H2,1-2H3. The maximum atomic E-state index is 11.4. The zero-order chi connectivity index (χ0) is 9.68. The van der Waals surface area contributed by atoms with E-state index in [-0.39, 0.29) is 5.92 Å². The van der Waals surface area contributed by atoms with Gasteiger partial charge in [0.2, 0.25) is 0 Å². The van der Waals surface area contributed by atoms with Gasteiger partial charge in [0.15, 0.2) is 0 Å². The van der Waals surface area contributed by atoms with Crippen LogP contribution in [0, 0.1) is 17.8 Å². The lowest BCUT2D eigenvalue weighted by Crippen LogP contribution is -2.40. The number of Topliss-reactive ketones (excluding diaryl/α,β-unsaturated/α-hetero) is 1. The van der Waals surface area contributed by atoms with Crippen LogP contribution in [-0.4, -0.2) is 30.3 Å². The molecule has 1 saturated heterocycles. The molecule has 1 heterocycles. The van der Waals surface area contributed by atoms with Crippen LogP contribution in [0.25, 0.3) is 0 Å². The molecule has 2 heteroatoms. The summed E-state index contributed by atoms with van der Waals surface area (Å²) in [5.74, 6) is 6.61. The lowest BCUT2D eigenvalue weighted by molar-refractivity contribution is -0.126. The molecule has 0 aliphatic carbocycles. The van der Waals surface area contributed by atoms with E-state index < -0.39 is 0 Å². The van der Waals surface area contributed by atoms with Gasteiger partial charge in [-0.2, -0.15) is 0 Å². The van der Waals surface area contributed by atoms with Crippen LogP contribution >= 0.6 is 0 Å². The second-order valence-corrected chi connectivity index (χ2v) is 3.48. The number of rotatable bonds is 2. The summed E-state index contributed by atoms with van der Waals surface area (Å²) in [6, 6.07) is 0. The molecule has 0 aromatic carbocycles. The molecule has 1 atom stereocenters. The summed E-state index contributed by atoms with van der Waals surface area (Å²) in [5.41, 5.74) is 0. The summed E-state index contributed by atoms with van der Waals surface area (Å²) in [6.07, 6.45) is 1.68. The minimum Gasteiger partial charge on any atom is -0.299 e. The van der Waals surface area contributed by atoms with Crippen LogP contribution in [0.15, 0.2) is 0 Å². The summed E-state index contributed by atoms with van der Waals surface area (Å²) in [6.45, 7) is 6.55. The zero-order valence-corrected chi connectivity index (χ0v) is 8.47. The van der Waals surface area contributed by atoms with Gasteiger partial charge < -0.3 is 0 Å². The molecular weight excluding hydrogens is 162 g/mol. The third-order valence-corrected chi connectivity index (χ3v) is 2.58. The number of hydrogen-bond acceptors (Lipinski definition) is 2. The Morgan fingerprint density at radius 2 is 2.38 bits per heavy atom.